The molecule has 106 valence electrons. The highest BCUT2D eigenvalue weighted by atomic mass is 28.4. The zero-order valence-electron chi connectivity index (χ0n) is 12.7. The molecule has 19 heavy (non-hydrogen) atoms. The van der Waals surface area contributed by atoms with Crippen molar-refractivity contribution < 1.29 is 14.0 Å². The first-order valence-corrected chi connectivity index (χ1v) is 9.80. The summed E-state index contributed by atoms with van der Waals surface area (Å²) in [5.74, 6) is 0.0955. The van der Waals surface area contributed by atoms with E-state index in [2.05, 4.69) is 33.9 Å². The summed E-state index contributed by atoms with van der Waals surface area (Å²) in [6.45, 7) is 13.0. The number of rotatable bonds is 3. The quantitative estimate of drug-likeness (QED) is 0.588. The Hall–Kier alpha value is -0.713. The number of allylic oxidation sites excluding steroid dienone is 2. The zero-order valence-corrected chi connectivity index (χ0v) is 13.7. The third-order valence-corrected chi connectivity index (χ3v) is 8.79. The molecule has 0 bridgehead atoms. The summed E-state index contributed by atoms with van der Waals surface area (Å²) in [4.78, 5) is 12.0. The Morgan fingerprint density at radius 2 is 2.00 bits per heavy atom. The second-order valence-electron chi connectivity index (χ2n) is 6.85. The van der Waals surface area contributed by atoms with E-state index < -0.39 is 8.32 Å². The van der Waals surface area contributed by atoms with E-state index in [1.54, 1.807) is 0 Å². The molecule has 0 N–H and O–H groups in total. The molecule has 1 fully saturated rings. The van der Waals surface area contributed by atoms with Gasteiger partial charge in [-0.2, -0.15) is 0 Å². The maximum absolute atomic E-state index is 12.0. The number of ether oxygens (including phenoxy) is 1. The first-order chi connectivity index (χ1) is 8.67. The molecular formula is C15H24O3Si. The van der Waals surface area contributed by atoms with Gasteiger partial charge in [-0.3, -0.25) is 4.79 Å². The van der Waals surface area contributed by atoms with Crippen LogP contribution < -0.4 is 0 Å². The molecule has 0 radical (unpaired) electrons. The first kappa shape index (κ1) is 14.7. The molecule has 1 saturated heterocycles. The van der Waals surface area contributed by atoms with Crippen molar-refractivity contribution in [1.29, 1.82) is 0 Å². The van der Waals surface area contributed by atoms with Crippen molar-refractivity contribution in [3.05, 3.63) is 23.8 Å². The highest BCUT2D eigenvalue weighted by Gasteiger charge is 2.55. The van der Waals surface area contributed by atoms with Gasteiger partial charge in [0, 0.05) is 5.57 Å². The summed E-state index contributed by atoms with van der Waals surface area (Å²) >= 11 is 0. The second kappa shape index (κ2) is 4.68. The van der Waals surface area contributed by atoms with Crippen molar-refractivity contribution in [2.45, 2.75) is 64.1 Å². The van der Waals surface area contributed by atoms with Gasteiger partial charge in [0.2, 0.25) is 0 Å². The maximum Gasteiger partial charge on any atom is 0.194 e. The minimum atomic E-state index is -1.84. The molecule has 0 aromatic carbocycles. The number of hydrogen-bond acceptors (Lipinski definition) is 3. The van der Waals surface area contributed by atoms with Gasteiger partial charge in [-0.1, -0.05) is 32.9 Å². The topological polar surface area (TPSA) is 38.8 Å². The van der Waals surface area contributed by atoms with Crippen molar-refractivity contribution in [2.75, 3.05) is 0 Å². The summed E-state index contributed by atoms with van der Waals surface area (Å²) in [7, 11) is -1.84. The van der Waals surface area contributed by atoms with E-state index in [1.165, 1.54) is 0 Å². The molecule has 4 heteroatoms. The molecule has 1 aliphatic heterocycles. The van der Waals surface area contributed by atoms with E-state index >= 15 is 0 Å². The zero-order chi connectivity index (χ0) is 14.4. The summed E-state index contributed by atoms with van der Waals surface area (Å²) in [6, 6.07) is 0. The largest absolute Gasteiger partial charge is 0.408 e. The lowest BCUT2D eigenvalue weighted by Crippen LogP contribution is -2.46. The average Bonchev–Trinajstić information content (AvgIpc) is 3.03. The Morgan fingerprint density at radius 3 is 2.53 bits per heavy atom. The third kappa shape index (κ3) is 2.76. The molecule has 0 saturated carbocycles. The normalized spacial score (nSPS) is 31.4. The van der Waals surface area contributed by atoms with Gasteiger partial charge in [0.15, 0.2) is 14.1 Å². The Kier molecular flexibility index (Phi) is 3.62. The fourth-order valence-corrected chi connectivity index (χ4v) is 3.27. The fourth-order valence-electron chi connectivity index (χ4n) is 2.04. The molecule has 0 unspecified atom stereocenters. The van der Waals surface area contributed by atoms with E-state index in [0.717, 1.165) is 5.57 Å². The van der Waals surface area contributed by atoms with Crippen LogP contribution in [0.1, 0.15) is 27.7 Å². The highest BCUT2D eigenvalue weighted by Crippen LogP contribution is 2.42. The Labute approximate surface area is 116 Å². The number of epoxide rings is 1. The summed E-state index contributed by atoms with van der Waals surface area (Å²) < 4.78 is 11.9. The Balaban J connectivity index is 2.20. The predicted molar refractivity (Wildman–Crippen MR) is 78.6 cm³/mol. The van der Waals surface area contributed by atoms with Crippen molar-refractivity contribution in [2.24, 2.45) is 0 Å². The number of carbonyl (C=O) groups is 1. The maximum atomic E-state index is 12.0. The number of hydrogen-bond donors (Lipinski definition) is 0. The van der Waals surface area contributed by atoms with Gasteiger partial charge in [0.05, 0.1) is 6.10 Å². The van der Waals surface area contributed by atoms with Gasteiger partial charge in [0.25, 0.3) is 0 Å². The minimum absolute atomic E-state index is 0.0596. The number of Topliss-reactive ketones (excluding diaryl/α,β-unsaturated/α-hetero) is 1. The Bertz CT molecular complexity index is 443. The minimum Gasteiger partial charge on any atom is -0.408 e. The summed E-state index contributed by atoms with van der Waals surface area (Å²) in [5, 5.41) is 0.160. The standard InChI is InChI=1S/C15H24O3Si/c1-7-8-10-9-11(13-14(17-13)12(10)16)18-19(5,6)15(2,3)4/h7-9,11,13-14H,1-6H3/b8-7+/t11-,13+,14-/m1/s1. The molecule has 3 nitrogen and oxygen atoms in total. The van der Waals surface area contributed by atoms with Crippen molar-refractivity contribution in [1.82, 2.24) is 0 Å². The number of ketones is 1. The van der Waals surface area contributed by atoms with Crippen LogP contribution in [-0.4, -0.2) is 32.4 Å². The molecule has 1 aliphatic carbocycles. The lowest BCUT2D eigenvalue weighted by atomic mass is 9.96. The molecule has 3 atom stereocenters. The van der Waals surface area contributed by atoms with Crippen LogP contribution in [0.4, 0.5) is 0 Å². The molecule has 0 amide bonds. The molecule has 1 heterocycles. The molecular weight excluding hydrogens is 256 g/mol. The lowest BCUT2D eigenvalue weighted by Gasteiger charge is -2.38. The molecule has 0 aromatic heterocycles. The van der Waals surface area contributed by atoms with E-state index in [1.807, 2.05) is 25.2 Å². The van der Waals surface area contributed by atoms with Crippen LogP contribution in [0.5, 0.6) is 0 Å². The van der Waals surface area contributed by atoms with Gasteiger partial charge in [-0.25, -0.2) is 0 Å². The van der Waals surface area contributed by atoms with Crippen molar-refractivity contribution in [3.63, 3.8) is 0 Å². The van der Waals surface area contributed by atoms with Gasteiger partial charge in [0.1, 0.15) is 12.2 Å². The van der Waals surface area contributed by atoms with Crippen LogP contribution in [0.15, 0.2) is 23.8 Å². The molecule has 0 aromatic rings. The van der Waals surface area contributed by atoms with Crippen molar-refractivity contribution in [3.8, 4) is 0 Å². The van der Waals surface area contributed by atoms with Crippen molar-refractivity contribution >= 4 is 14.1 Å². The fraction of sp³-hybridized carbons (Fsp3) is 0.667. The van der Waals surface area contributed by atoms with Crippen LogP contribution in [-0.2, 0) is 14.0 Å². The smallest absolute Gasteiger partial charge is 0.194 e. The summed E-state index contributed by atoms with van der Waals surface area (Å²) in [5.41, 5.74) is 0.727. The molecule has 2 rings (SSSR count). The van der Waals surface area contributed by atoms with E-state index in [9.17, 15) is 4.79 Å². The van der Waals surface area contributed by atoms with Crippen LogP contribution in [0.2, 0.25) is 18.1 Å². The van der Waals surface area contributed by atoms with Gasteiger partial charge < -0.3 is 9.16 Å². The summed E-state index contributed by atoms with van der Waals surface area (Å²) in [6.07, 6.45) is 5.27. The number of fused-ring (bicyclic) bond motifs is 1. The first-order valence-electron chi connectivity index (χ1n) is 6.89. The van der Waals surface area contributed by atoms with E-state index in [4.69, 9.17) is 9.16 Å². The van der Waals surface area contributed by atoms with E-state index in [-0.39, 0.29) is 29.1 Å². The van der Waals surface area contributed by atoms with Crippen LogP contribution >= 0.6 is 0 Å². The van der Waals surface area contributed by atoms with Gasteiger partial charge in [-0.15, -0.1) is 0 Å². The molecule has 0 spiro atoms. The van der Waals surface area contributed by atoms with Gasteiger partial charge in [-0.05, 0) is 31.1 Å². The van der Waals surface area contributed by atoms with Crippen LogP contribution in [0, 0.1) is 0 Å². The third-order valence-electron chi connectivity index (χ3n) is 4.32. The lowest BCUT2D eigenvalue weighted by molar-refractivity contribution is -0.116. The van der Waals surface area contributed by atoms with E-state index in [0.29, 0.717) is 0 Å². The Morgan fingerprint density at radius 1 is 1.37 bits per heavy atom. The van der Waals surface area contributed by atoms with Gasteiger partial charge >= 0.3 is 0 Å². The number of carbonyl (C=O) groups excluding carboxylic acids is 1. The van der Waals surface area contributed by atoms with Crippen LogP contribution in [0.25, 0.3) is 0 Å². The van der Waals surface area contributed by atoms with Crippen LogP contribution in [0.3, 0.4) is 0 Å². The SMILES string of the molecule is C/C=C/C1=C[C@@H](O[Si](C)(C)C(C)(C)C)[C@@H]2O[C@@H]2C1=O. The average molecular weight is 280 g/mol. The highest BCUT2D eigenvalue weighted by molar-refractivity contribution is 6.74. The molecule has 2 aliphatic rings. The second-order valence-corrected chi connectivity index (χ2v) is 11.6. The monoisotopic (exact) mass is 280 g/mol. The predicted octanol–water partition coefficient (Wildman–Crippen LogP) is 3.23.